The molecule has 1 fully saturated rings. The Morgan fingerprint density at radius 1 is 1.12 bits per heavy atom. The van der Waals surface area contributed by atoms with Crippen LogP contribution in [0.1, 0.15) is 41.3 Å². The Hall–Kier alpha value is -2.71. The lowest BCUT2D eigenvalue weighted by Gasteiger charge is -2.28. The molecule has 0 atom stereocenters. The summed E-state index contributed by atoms with van der Waals surface area (Å²) >= 11 is 0. The van der Waals surface area contributed by atoms with Crippen LogP contribution in [0.2, 0.25) is 0 Å². The first-order chi connectivity index (χ1) is 15.1. The maximum absolute atomic E-state index is 13.1. The predicted molar refractivity (Wildman–Crippen MR) is 127 cm³/mol. The summed E-state index contributed by atoms with van der Waals surface area (Å²) < 4.78 is 35.7. The molecule has 1 amide bonds. The summed E-state index contributed by atoms with van der Waals surface area (Å²) in [4.78, 5) is 14.9. The molecule has 0 radical (unpaired) electrons. The number of ether oxygens (including phenoxy) is 1. The second-order valence-corrected chi connectivity index (χ2v) is 9.94. The molecule has 1 heterocycles. The van der Waals surface area contributed by atoms with Crippen LogP contribution in [-0.2, 0) is 10.0 Å². The largest absolute Gasteiger partial charge is 0.495 e. The molecule has 0 spiro atoms. The van der Waals surface area contributed by atoms with Gasteiger partial charge in [-0.05, 0) is 77.0 Å². The third kappa shape index (κ3) is 5.37. The van der Waals surface area contributed by atoms with Crippen LogP contribution < -0.4 is 10.1 Å². The molecule has 1 aliphatic heterocycles. The first kappa shape index (κ1) is 23.9. The molecule has 1 saturated heterocycles. The van der Waals surface area contributed by atoms with Crippen molar-refractivity contribution in [2.45, 2.75) is 38.5 Å². The van der Waals surface area contributed by atoms with Gasteiger partial charge in [0.2, 0.25) is 0 Å². The van der Waals surface area contributed by atoms with Crippen molar-refractivity contribution < 1.29 is 17.9 Å². The number of carbonyl (C=O) groups excluding carboxylic acids is 1. The second-order valence-electron chi connectivity index (χ2n) is 8.37. The van der Waals surface area contributed by atoms with Crippen LogP contribution in [0.5, 0.6) is 5.75 Å². The molecular formula is C24H31N3O4S. The summed E-state index contributed by atoms with van der Waals surface area (Å²) in [5, 5.41) is 2.86. The summed E-state index contributed by atoms with van der Waals surface area (Å²) in [6.07, 6.45) is 1.78. The quantitative estimate of drug-likeness (QED) is 0.661. The molecule has 0 unspecified atom stereocenters. The minimum Gasteiger partial charge on any atom is -0.495 e. The van der Waals surface area contributed by atoms with Gasteiger partial charge in [0.05, 0.1) is 7.11 Å². The van der Waals surface area contributed by atoms with Gasteiger partial charge < -0.3 is 15.0 Å². The van der Waals surface area contributed by atoms with E-state index in [9.17, 15) is 13.2 Å². The Morgan fingerprint density at radius 3 is 2.41 bits per heavy atom. The van der Waals surface area contributed by atoms with E-state index in [2.05, 4.69) is 21.7 Å². The molecule has 7 nitrogen and oxygen atoms in total. The molecule has 0 bridgehead atoms. The van der Waals surface area contributed by atoms with Crippen molar-refractivity contribution in [1.82, 2.24) is 4.90 Å². The molecule has 2 aromatic carbocycles. The summed E-state index contributed by atoms with van der Waals surface area (Å²) in [6, 6.07) is 10.3. The second kappa shape index (κ2) is 9.83. The number of aryl methyl sites for hydroxylation is 2. The lowest BCUT2D eigenvalue weighted by Crippen LogP contribution is -2.33. The van der Waals surface area contributed by atoms with E-state index in [1.54, 1.807) is 32.0 Å². The summed E-state index contributed by atoms with van der Waals surface area (Å²) in [6.45, 7) is 7.25. The molecule has 0 saturated carbocycles. The van der Waals surface area contributed by atoms with Crippen LogP contribution in [0, 0.1) is 19.8 Å². The van der Waals surface area contributed by atoms with E-state index < -0.39 is 10.0 Å². The lowest BCUT2D eigenvalue weighted by molar-refractivity contribution is 0.102. The first-order valence-electron chi connectivity index (χ1n) is 10.7. The molecule has 8 heteroatoms. The number of nitrogens with one attached hydrogen (secondary N) is 1. The number of hydrogen-bond acceptors (Lipinski definition) is 5. The predicted octanol–water partition coefficient (Wildman–Crippen LogP) is 4.06. The smallest absolute Gasteiger partial charge is 0.285 e. The molecule has 1 aliphatic rings. The van der Waals surface area contributed by atoms with E-state index in [0.29, 0.717) is 22.5 Å². The lowest BCUT2D eigenvalue weighted by atomic mass is 9.93. The van der Waals surface area contributed by atoms with Gasteiger partial charge >= 0.3 is 0 Å². The molecule has 32 heavy (non-hydrogen) atoms. The number of carbonyl (C=O) groups is 1. The van der Waals surface area contributed by atoms with Crippen molar-refractivity contribution in [1.29, 1.82) is 0 Å². The van der Waals surface area contributed by atoms with Gasteiger partial charge in [0, 0.05) is 28.9 Å². The van der Waals surface area contributed by atoms with Gasteiger partial charge in [0.15, 0.2) is 0 Å². The SMILES string of the molecule is COc1cc(NC(=O)c2ccccc2C)c(C)cc1S(=O)(=O)/N=C(/C)C1CCN(C)CC1. The van der Waals surface area contributed by atoms with Crippen molar-refractivity contribution in [3.63, 3.8) is 0 Å². The van der Waals surface area contributed by atoms with E-state index in [0.717, 1.165) is 31.5 Å². The maximum atomic E-state index is 13.1. The fourth-order valence-corrected chi connectivity index (χ4v) is 5.26. The van der Waals surface area contributed by atoms with Crippen LogP contribution in [0.3, 0.4) is 0 Å². The number of sulfonamides is 1. The Balaban J connectivity index is 1.89. The highest BCUT2D eigenvalue weighted by atomic mass is 32.2. The zero-order valence-electron chi connectivity index (χ0n) is 19.3. The average molecular weight is 458 g/mol. The van der Waals surface area contributed by atoms with Gasteiger partial charge in [-0.25, -0.2) is 0 Å². The van der Waals surface area contributed by atoms with E-state index in [-0.39, 0.29) is 22.5 Å². The summed E-state index contributed by atoms with van der Waals surface area (Å²) in [7, 11) is -0.486. The van der Waals surface area contributed by atoms with E-state index in [4.69, 9.17) is 4.74 Å². The van der Waals surface area contributed by atoms with Gasteiger partial charge in [-0.3, -0.25) is 4.79 Å². The monoisotopic (exact) mass is 457 g/mol. The maximum Gasteiger partial charge on any atom is 0.285 e. The third-order valence-electron chi connectivity index (χ3n) is 6.00. The number of piperidine rings is 1. The van der Waals surface area contributed by atoms with Crippen LogP contribution in [0.15, 0.2) is 45.7 Å². The minimum absolute atomic E-state index is 0.00123. The van der Waals surface area contributed by atoms with Crippen molar-refractivity contribution in [3.05, 3.63) is 53.1 Å². The number of benzene rings is 2. The summed E-state index contributed by atoms with van der Waals surface area (Å²) in [5.41, 5.74) is 3.13. The van der Waals surface area contributed by atoms with E-state index in [1.165, 1.54) is 13.2 Å². The Labute approximate surface area is 190 Å². The summed E-state index contributed by atoms with van der Waals surface area (Å²) in [5.74, 6) is 0.0383. The number of rotatable bonds is 6. The fourth-order valence-electron chi connectivity index (χ4n) is 3.91. The number of likely N-dealkylation sites (tertiary alicyclic amines) is 1. The van der Waals surface area contributed by atoms with Crippen LogP contribution in [0.25, 0.3) is 0 Å². The zero-order chi connectivity index (χ0) is 23.5. The number of amides is 1. The first-order valence-corrected chi connectivity index (χ1v) is 12.1. The van der Waals surface area contributed by atoms with Crippen molar-refractivity contribution in [2.24, 2.45) is 10.3 Å². The van der Waals surface area contributed by atoms with Crippen LogP contribution in [-0.4, -0.2) is 52.2 Å². The molecule has 0 aliphatic carbocycles. The van der Waals surface area contributed by atoms with Gasteiger partial charge in [-0.2, -0.15) is 12.8 Å². The Kier molecular flexibility index (Phi) is 7.36. The highest BCUT2D eigenvalue weighted by Crippen LogP contribution is 2.32. The number of anilines is 1. The molecule has 2 aromatic rings. The topological polar surface area (TPSA) is 88.1 Å². The highest BCUT2D eigenvalue weighted by molar-refractivity contribution is 7.90. The van der Waals surface area contributed by atoms with Crippen LogP contribution in [0.4, 0.5) is 5.69 Å². The molecule has 1 N–H and O–H groups in total. The molecular weight excluding hydrogens is 426 g/mol. The zero-order valence-corrected chi connectivity index (χ0v) is 20.1. The number of nitrogens with zero attached hydrogens (tertiary/aromatic N) is 2. The molecule has 0 aromatic heterocycles. The van der Waals surface area contributed by atoms with Gasteiger partial charge in [-0.1, -0.05) is 18.2 Å². The number of methoxy groups -OCH3 is 1. The van der Waals surface area contributed by atoms with Crippen molar-refractivity contribution in [3.8, 4) is 5.75 Å². The van der Waals surface area contributed by atoms with Crippen LogP contribution >= 0.6 is 0 Å². The minimum atomic E-state index is -3.96. The van der Waals surface area contributed by atoms with Crippen molar-refractivity contribution in [2.75, 3.05) is 32.6 Å². The van der Waals surface area contributed by atoms with Gasteiger partial charge in [0.25, 0.3) is 15.9 Å². The number of hydrogen-bond donors (Lipinski definition) is 1. The van der Waals surface area contributed by atoms with Gasteiger partial charge in [-0.15, -0.1) is 0 Å². The standard InChI is InChI=1S/C24H31N3O4S/c1-16-8-6-7-9-20(16)24(28)25-21-15-22(31-5)23(14-17(21)2)32(29,30)26-18(3)19-10-12-27(4)13-11-19/h6-9,14-15,19H,10-13H2,1-5H3,(H,25,28)/b26-18-. The molecule has 3 rings (SSSR count). The average Bonchev–Trinajstić information content (AvgIpc) is 2.75. The van der Waals surface area contributed by atoms with E-state index >= 15 is 0 Å². The normalized spacial score (nSPS) is 16.1. The third-order valence-corrected chi connectivity index (χ3v) is 7.40. The fraction of sp³-hybridized carbons (Fsp3) is 0.417. The Bertz CT molecular complexity index is 1130. The Morgan fingerprint density at radius 2 is 1.78 bits per heavy atom. The van der Waals surface area contributed by atoms with E-state index in [1.807, 2.05) is 19.1 Å². The highest BCUT2D eigenvalue weighted by Gasteiger charge is 2.25. The van der Waals surface area contributed by atoms with Crippen molar-refractivity contribution >= 4 is 27.3 Å². The molecule has 172 valence electrons. The van der Waals surface area contributed by atoms with Gasteiger partial charge in [0.1, 0.15) is 10.6 Å².